The molecule has 1 aliphatic heterocycles. The molecule has 0 unspecified atom stereocenters. The molecule has 0 spiro atoms. The van der Waals surface area contributed by atoms with Gasteiger partial charge >= 0.3 is 0 Å². The molecule has 1 fully saturated rings. The SMILES string of the molecule is COc1ccc(C(=O)CCCC(=O)N2CCN(c3ccccc3OC)CC2)cc1. The van der Waals surface area contributed by atoms with Crippen molar-refractivity contribution in [1.82, 2.24) is 4.90 Å². The summed E-state index contributed by atoms with van der Waals surface area (Å²) in [6, 6.07) is 15.0. The molecule has 3 rings (SSSR count). The lowest BCUT2D eigenvalue weighted by Crippen LogP contribution is -2.48. The molecule has 2 aromatic carbocycles. The summed E-state index contributed by atoms with van der Waals surface area (Å²) in [5.41, 5.74) is 1.72. The second-order valence-electron chi connectivity index (χ2n) is 7.04. The normalized spacial score (nSPS) is 13.9. The van der Waals surface area contributed by atoms with E-state index in [9.17, 15) is 9.59 Å². The van der Waals surface area contributed by atoms with E-state index < -0.39 is 0 Å². The largest absolute Gasteiger partial charge is 0.497 e. The fourth-order valence-corrected chi connectivity index (χ4v) is 3.57. The molecule has 0 aliphatic carbocycles. The third-order valence-corrected chi connectivity index (χ3v) is 5.26. The first-order chi connectivity index (χ1) is 14.1. The van der Waals surface area contributed by atoms with Crippen LogP contribution in [-0.4, -0.2) is 57.0 Å². The van der Waals surface area contributed by atoms with Gasteiger partial charge < -0.3 is 19.3 Å². The molecule has 0 N–H and O–H groups in total. The van der Waals surface area contributed by atoms with Crippen LogP contribution in [0.3, 0.4) is 0 Å². The summed E-state index contributed by atoms with van der Waals surface area (Å²) >= 11 is 0. The Hall–Kier alpha value is -3.02. The second kappa shape index (κ2) is 9.96. The topological polar surface area (TPSA) is 59.1 Å². The quantitative estimate of drug-likeness (QED) is 0.640. The Kier molecular flexibility index (Phi) is 7.11. The van der Waals surface area contributed by atoms with Gasteiger partial charge in [-0.3, -0.25) is 9.59 Å². The number of piperazine rings is 1. The van der Waals surface area contributed by atoms with Gasteiger partial charge in [-0.05, 0) is 42.8 Å². The van der Waals surface area contributed by atoms with E-state index in [-0.39, 0.29) is 11.7 Å². The number of anilines is 1. The minimum Gasteiger partial charge on any atom is -0.497 e. The van der Waals surface area contributed by atoms with E-state index in [0.29, 0.717) is 37.9 Å². The molecule has 29 heavy (non-hydrogen) atoms. The molecule has 1 aliphatic rings. The lowest BCUT2D eigenvalue weighted by Gasteiger charge is -2.36. The van der Waals surface area contributed by atoms with Gasteiger partial charge in [-0.15, -0.1) is 0 Å². The molecular weight excluding hydrogens is 368 g/mol. The maximum Gasteiger partial charge on any atom is 0.222 e. The first-order valence-electron chi connectivity index (χ1n) is 9.95. The van der Waals surface area contributed by atoms with Crippen LogP contribution >= 0.6 is 0 Å². The molecule has 6 nitrogen and oxygen atoms in total. The van der Waals surface area contributed by atoms with Gasteiger partial charge in [-0.2, -0.15) is 0 Å². The molecule has 0 aromatic heterocycles. The third-order valence-electron chi connectivity index (χ3n) is 5.26. The van der Waals surface area contributed by atoms with Crippen molar-refractivity contribution in [2.45, 2.75) is 19.3 Å². The number of carbonyl (C=O) groups excluding carboxylic acids is 2. The number of carbonyl (C=O) groups is 2. The van der Waals surface area contributed by atoms with Crippen molar-refractivity contribution in [3.05, 3.63) is 54.1 Å². The van der Waals surface area contributed by atoms with Gasteiger partial charge in [0.15, 0.2) is 5.78 Å². The van der Waals surface area contributed by atoms with Crippen molar-refractivity contribution in [2.24, 2.45) is 0 Å². The second-order valence-corrected chi connectivity index (χ2v) is 7.04. The van der Waals surface area contributed by atoms with Crippen LogP contribution in [0.2, 0.25) is 0 Å². The highest BCUT2D eigenvalue weighted by Crippen LogP contribution is 2.28. The summed E-state index contributed by atoms with van der Waals surface area (Å²) in [5, 5.41) is 0. The molecule has 2 aromatic rings. The predicted octanol–water partition coefficient (Wildman–Crippen LogP) is 3.41. The summed E-state index contributed by atoms with van der Waals surface area (Å²) in [4.78, 5) is 28.9. The van der Waals surface area contributed by atoms with E-state index in [1.165, 1.54) is 0 Å². The van der Waals surface area contributed by atoms with Crippen LogP contribution < -0.4 is 14.4 Å². The summed E-state index contributed by atoms with van der Waals surface area (Å²) in [5.74, 6) is 1.75. The molecule has 1 saturated heterocycles. The fraction of sp³-hybridized carbons (Fsp3) is 0.391. The number of methoxy groups -OCH3 is 2. The summed E-state index contributed by atoms with van der Waals surface area (Å²) in [6.45, 7) is 2.92. The van der Waals surface area contributed by atoms with Crippen LogP contribution in [0.4, 0.5) is 5.69 Å². The summed E-state index contributed by atoms with van der Waals surface area (Å²) in [7, 11) is 3.27. The zero-order valence-electron chi connectivity index (χ0n) is 17.1. The zero-order valence-corrected chi connectivity index (χ0v) is 17.1. The Bertz CT molecular complexity index is 827. The van der Waals surface area contributed by atoms with Gasteiger partial charge in [0, 0.05) is 44.6 Å². The standard InChI is InChI=1S/C23H28N2O4/c1-28-19-12-10-18(11-13-19)21(26)7-5-9-23(27)25-16-14-24(15-17-25)20-6-3-4-8-22(20)29-2/h3-4,6,8,10-13H,5,7,9,14-17H2,1-2H3. The van der Waals surface area contributed by atoms with E-state index in [1.807, 2.05) is 29.2 Å². The minimum absolute atomic E-state index is 0.0569. The number of benzene rings is 2. The Morgan fingerprint density at radius 3 is 2.21 bits per heavy atom. The maximum atomic E-state index is 12.5. The van der Waals surface area contributed by atoms with Crippen LogP contribution in [0.5, 0.6) is 11.5 Å². The molecule has 6 heteroatoms. The van der Waals surface area contributed by atoms with Gasteiger partial charge in [0.05, 0.1) is 19.9 Å². The van der Waals surface area contributed by atoms with E-state index in [0.717, 1.165) is 30.3 Å². The van der Waals surface area contributed by atoms with Crippen molar-refractivity contribution in [3.63, 3.8) is 0 Å². The highest BCUT2D eigenvalue weighted by Gasteiger charge is 2.22. The van der Waals surface area contributed by atoms with Crippen molar-refractivity contribution in [1.29, 1.82) is 0 Å². The zero-order chi connectivity index (χ0) is 20.6. The fourth-order valence-electron chi connectivity index (χ4n) is 3.57. The molecule has 0 radical (unpaired) electrons. The van der Waals surface area contributed by atoms with Gasteiger partial charge in [0.2, 0.25) is 5.91 Å². The van der Waals surface area contributed by atoms with Gasteiger partial charge in [0.25, 0.3) is 0 Å². The average Bonchev–Trinajstić information content (AvgIpc) is 2.79. The smallest absolute Gasteiger partial charge is 0.222 e. The Balaban J connectivity index is 1.43. The number of ether oxygens (including phenoxy) is 2. The van der Waals surface area contributed by atoms with E-state index in [2.05, 4.69) is 4.90 Å². The minimum atomic E-state index is 0.0569. The van der Waals surface area contributed by atoms with Gasteiger partial charge in [0.1, 0.15) is 11.5 Å². The first-order valence-corrected chi connectivity index (χ1v) is 9.95. The van der Waals surface area contributed by atoms with Gasteiger partial charge in [-0.1, -0.05) is 12.1 Å². The monoisotopic (exact) mass is 396 g/mol. The van der Waals surface area contributed by atoms with Gasteiger partial charge in [-0.25, -0.2) is 0 Å². The summed E-state index contributed by atoms with van der Waals surface area (Å²) in [6.07, 6.45) is 1.34. The number of rotatable bonds is 8. The highest BCUT2D eigenvalue weighted by molar-refractivity contribution is 5.96. The third kappa shape index (κ3) is 5.28. The molecule has 0 bridgehead atoms. The molecular formula is C23H28N2O4. The van der Waals surface area contributed by atoms with Crippen molar-refractivity contribution in [3.8, 4) is 11.5 Å². The molecule has 1 heterocycles. The predicted molar refractivity (Wildman–Crippen MR) is 113 cm³/mol. The van der Waals surface area contributed by atoms with Crippen LogP contribution in [0.25, 0.3) is 0 Å². The molecule has 154 valence electrons. The van der Waals surface area contributed by atoms with Crippen LogP contribution in [0.1, 0.15) is 29.6 Å². The average molecular weight is 396 g/mol. The number of Topliss-reactive ketones (excluding diaryl/α,β-unsaturated/α-hetero) is 1. The van der Waals surface area contributed by atoms with E-state index in [4.69, 9.17) is 9.47 Å². The summed E-state index contributed by atoms with van der Waals surface area (Å²) < 4.78 is 10.5. The van der Waals surface area contributed by atoms with Crippen LogP contribution in [0, 0.1) is 0 Å². The lowest BCUT2D eigenvalue weighted by molar-refractivity contribution is -0.131. The highest BCUT2D eigenvalue weighted by atomic mass is 16.5. The Morgan fingerprint density at radius 1 is 0.862 bits per heavy atom. The Labute approximate surface area is 172 Å². The van der Waals surface area contributed by atoms with Crippen molar-refractivity contribution in [2.75, 3.05) is 45.3 Å². The van der Waals surface area contributed by atoms with E-state index in [1.54, 1.807) is 38.5 Å². The Morgan fingerprint density at radius 2 is 1.55 bits per heavy atom. The lowest BCUT2D eigenvalue weighted by atomic mass is 10.0. The van der Waals surface area contributed by atoms with Crippen molar-refractivity contribution < 1.29 is 19.1 Å². The van der Waals surface area contributed by atoms with Crippen LogP contribution in [0.15, 0.2) is 48.5 Å². The van der Waals surface area contributed by atoms with Crippen LogP contribution in [-0.2, 0) is 4.79 Å². The number of para-hydroxylation sites is 2. The number of ketones is 1. The molecule has 1 amide bonds. The first kappa shape index (κ1) is 20.7. The number of hydrogen-bond donors (Lipinski definition) is 0. The molecule has 0 atom stereocenters. The van der Waals surface area contributed by atoms with E-state index >= 15 is 0 Å². The number of hydrogen-bond acceptors (Lipinski definition) is 5. The number of nitrogens with zero attached hydrogens (tertiary/aromatic N) is 2. The maximum absolute atomic E-state index is 12.5. The molecule has 0 saturated carbocycles. The van der Waals surface area contributed by atoms with Crippen molar-refractivity contribution >= 4 is 17.4 Å². The number of amides is 1.